The number of nitrogens with one attached hydrogen (secondary N) is 1. The summed E-state index contributed by atoms with van der Waals surface area (Å²) in [4.78, 5) is 1.35. The molecule has 1 aromatic rings. The standard InChI is InChI=1S/C19H29NS/c1-4-12-21-19-11-6-5-10-18(19)20-17-9-7-8-16(14-17)13-15(2)3/h4-6,10-11,15-17,20H,1,7-9,12-14H2,2-3H3. The van der Waals surface area contributed by atoms with Gasteiger partial charge in [0.25, 0.3) is 0 Å². The number of hydrogen-bond donors (Lipinski definition) is 1. The zero-order valence-corrected chi connectivity index (χ0v) is 14.3. The van der Waals surface area contributed by atoms with Gasteiger partial charge in [-0.2, -0.15) is 0 Å². The Morgan fingerprint density at radius 1 is 1.33 bits per heavy atom. The van der Waals surface area contributed by atoms with Gasteiger partial charge in [-0.1, -0.05) is 44.9 Å². The molecule has 2 rings (SSSR count). The largest absolute Gasteiger partial charge is 0.381 e. The lowest BCUT2D eigenvalue weighted by molar-refractivity contribution is 0.289. The van der Waals surface area contributed by atoms with Crippen LogP contribution in [0.1, 0.15) is 46.0 Å². The number of benzene rings is 1. The third-order valence-electron chi connectivity index (χ3n) is 4.19. The highest BCUT2D eigenvalue weighted by atomic mass is 32.2. The first-order chi connectivity index (χ1) is 10.2. The van der Waals surface area contributed by atoms with Gasteiger partial charge in [0, 0.05) is 22.4 Å². The van der Waals surface area contributed by atoms with E-state index >= 15 is 0 Å². The fourth-order valence-corrected chi connectivity index (χ4v) is 4.14. The fraction of sp³-hybridized carbons (Fsp3) is 0.579. The highest BCUT2D eigenvalue weighted by Crippen LogP contribution is 2.33. The lowest BCUT2D eigenvalue weighted by Crippen LogP contribution is -2.28. The number of anilines is 1. The molecule has 1 N–H and O–H groups in total. The van der Waals surface area contributed by atoms with Gasteiger partial charge in [0.1, 0.15) is 0 Å². The van der Waals surface area contributed by atoms with E-state index in [0.29, 0.717) is 6.04 Å². The Kier molecular flexibility index (Phi) is 6.69. The van der Waals surface area contributed by atoms with Crippen LogP contribution in [0.25, 0.3) is 0 Å². The fourth-order valence-electron chi connectivity index (χ4n) is 3.38. The van der Waals surface area contributed by atoms with Crippen LogP contribution >= 0.6 is 11.8 Å². The predicted molar refractivity (Wildman–Crippen MR) is 96.2 cm³/mol. The minimum atomic E-state index is 0.646. The minimum absolute atomic E-state index is 0.646. The molecule has 1 saturated carbocycles. The molecular formula is C19H29NS. The number of thioether (sulfide) groups is 1. The van der Waals surface area contributed by atoms with Crippen LogP contribution in [0.3, 0.4) is 0 Å². The molecule has 1 nitrogen and oxygen atoms in total. The average molecular weight is 304 g/mol. The van der Waals surface area contributed by atoms with E-state index in [0.717, 1.165) is 17.6 Å². The third-order valence-corrected chi connectivity index (χ3v) is 5.26. The summed E-state index contributed by atoms with van der Waals surface area (Å²) in [5.41, 5.74) is 1.31. The summed E-state index contributed by atoms with van der Waals surface area (Å²) in [6, 6.07) is 9.34. The zero-order valence-electron chi connectivity index (χ0n) is 13.5. The van der Waals surface area contributed by atoms with Crippen LogP contribution in [0.4, 0.5) is 5.69 Å². The number of para-hydroxylation sites is 1. The van der Waals surface area contributed by atoms with Crippen molar-refractivity contribution in [1.82, 2.24) is 0 Å². The monoisotopic (exact) mass is 303 g/mol. The summed E-state index contributed by atoms with van der Waals surface area (Å²) in [6.45, 7) is 8.51. The molecule has 0 saturated heterocycles. The van der Waals surface area contributed by atoms with Crippen molar-refractivity contribution in [2.75, 3.05) is 11.1 Å². The summed E-state index contributed by atoms with van der Waals surface area (Å²) in [6.07, 6.45) is 8.79. The maximum absolute atomic E-state index is 3.82. The quantitative estimate of drug-likeness (QED) is 0.491. The molecule has 2 unspecified atom stereocenters. The minimum Gasteiger partial charge on any atom is -0.381 e. The molecule has 0 bridgehead atoms. The van der Waals surface area contributed by atoms with Crippen molar-refractivity contribution in [3.05, 3.63) is 36.9 Å². The first-order valence-corrected chi connectivity index (χ1v) is 9.27. The van der Waals surface area contributed by atoms with E-state index in [-0.39, 0.29) is 0 Å². The van der Waals surface area contributed by atoms with Gasteiger partial charge in [-0.25, -0.2) is 0 Å². The number of rotatable bonds is 7. The van der Waals surface area contributed by atoms with Crippen molar-refractivity contribution in [2.45, 2.75) is 56.9 Å². The molecule has 1 fully saturated rings. The second-order valence-corrected chi connectivity index (χ2v) is 7.66. The molecular weight excluding hydrogens is 274 g/mol. The van der Waals surface area contributed by atoms with Crippen LogP contribution in [0.15, 0.2) is 41.8 Å². The van der Waals surface area contributed by atoms with Gasteiger partial charge < -0.3 is 5.32 Å². The summed E-state index contributed by atoms with van der Waals surface area (Å²) < 4.78 is 0. The molecule has 1 aliphatic rings. The molecule has 1 aromatic carbocycles. The van der Waals surface area contributed by atoms with E-state index in [1.807, 2.05) is 17.8 Å². The van der Waals surface area contributed by atoms with Gasteiger partial charge in [-0.3, -0.25) is 0 Å². The number of hydrogen-bond acceptors (Lipinski definition) is 2. The zero-order chi connectivity index (χ0) is 15.1. The summed E-state index contributed by atoms with van der Waals surface area (Å²) >= 11 is 1.87. The molecule has 2 heteroatoms. The maximum atomic E-state index is 3.82. The SMILES string of the molecule is C=CCSc1ccccc1NC1CCCC(CC(C)C)C1. The first-order valence-electron chi connectivity index (χ1n) is 8.28. The molecule has 21 heavy (non-hydrogen) atoms. The van der Waals surface area contributed by atoms with Crippen LogP contribution < -0.4 is 5.32 Å². The normalized spacial score (nSPS) is 22.2. The molecule has 0 aliphatic heterocycles. The van der Waals surface area contributed by atoms with Gasteiger partial charge >= 0.3 is 0 Å². The molecule has 116 valence electrons. The molecule has 0 spiro atoms. The molecule has 0 heterocycles. The Morgan fingerprint density at radius 2 is 2.14 bits per heavy atom. The topological polar surface area (TPSA) is 12.0 Å². The lowest BCUT2D eigenvalue weighted by atomic mass is 9.81. The van der Waals surface area contributed by atoms with E-state index in [1.54, 1.807) is 0 Å². The lowest BCUT2D eigenvalue weighted by Gasteiger charge is -2.32. The third kappa shape index (κ3) is 5.43. The van der Waals surface area contributed by atoms with E-state index in [2.05, 4.69) is 50.0 Å². The summed E-state index contributed by atoms with van der Waals surface area (Å²) in [7, 11) is 0. The van der Waals surface area contributed by atoms with Crippen molar-refractivity contribution in [2.24, 2.45) is 11.8 Å². The molecule has 1 aliphatic carbocycles. The molecule has 0 aromatic heterocycles. The van der Waals surface area contributed by atoms with Crippen molar-refractivity contribution < 1.29 is 0 Å². The van der Waals surface area contributed by atoms with Crippen LogP contribution in [0, 0.1) is 11.8 Å². The van der Waals surface area contributed by atoms with Crippen LogP contribution in [0.5, 0.6) is 0 Å². The Hall–Kier alpha value is -0.890. The van der Waals surface area contributed by atoms with E-state index in [9.17, 15) is 0 Å². The Bertz CT molecular complexity index is 441. The Morgan fingerprint density at radius 3 is 2.90 bits per heavy atom. The van der Waals surface area contributed by atoms with E-state index < -0.39 is 0 Å². The predicted octanol–water partition coefficient (Wildman–Crippen LogP) is 5.98. The highest BCUT2D eigenvalue weighted by Gasteiger charge is 2.22. The average Bonchev–Trinajstić information content (AvgIpc) is 2.46. The van der Waals surface area contributed by atoms with Crippen LogP contribution in [-0.4, -0.2) is 11.8 Å². The second kappa shape index (κ2) is 8.53. The molecule has 2 atom stereocenters. The molecule has 0 radical (unpaired) electrons. The van der Waals surface area contributed by atoms with E-state index in [1.165, 1.54) is 42.7 Å². The van der Waals surface area contributed by atoms with Gasteiger partial charge in [-0.15, -0.1) is 18.3 Å². The van der Waals surface area contributed by atoms with Gasteiger partial charge in [0.15, 0.2) is 0 Å². The van der Waals surface area contributed by atoms with Gasteiger partial charge in [-0.05, 0) is 43.2 Å². The molecule has 0 amide bonds. The van der Waals surface area contributed by atoms with Crippen molar-refractivity contribution in [1.29, 1.82) is 0 Å². The van der Waals surface area contributed by atoms with Gasteiger partial charge in [0.05, 0.1) is 0 Å². The summed E-state index contributed by atoms with van der Waals surface area (Å²) in [5, 5.41) is 3.81. The van der Waals surface area contributed by atoms with E-state index in [4.69, 9.17) is 0 Å². The smallest absolute Gasteiger partial charge is 0.0480 e. The van der Waals surface area contributed by atoms with Crippen molar-refractivity contribution in [3.8, 4) is 0 Å². The van der Waals surface area contributed by atoms with Crippen molar-refractivity contribution >= 4 is 17.4 Å². The Balaban J connectivity index is 1.95. The maximum Gasteiger partial charge on any atom is 0.0480 e. The summed E-state index contributed by atoms with van der Waals surface area (Å²) in [5.74, 6) is 2.70. The first kappa shape index (κ1) is 16.5. The van der Waals surface area contributed by atoms with Gasteiger partial charge in [0.2, 0.25) is 0 Å². The highest BCUT2D eigenvalue weighted by molar-refractivity contribution is 7.99. The van der Waals surface area contributed by atoms with Crippen LogP contribution in [-0.2, 0) is 0 Å². The van der Waals surface area contributed by atoms with Crippen LogP contribution in [0.2, 0.25) is 0 Å². The Labute approximate surface area is 134 Å². The van der Waals surface area contributed by atoms with Crippen molar-refractivity contribution in [3.63, 3.8) is 0 Å². The second-order valence-electron chi connectivity index (χ2n) is 6.60.